The first-order valence-electron chi connectivity index (χ1n) is 14.5. The molecule has 1 aliphatic heterocycles. The van der Waals surface area contributed by atoms with Gasteiger partial charge >= 0.3 is 0 Å². The average molecular weight is 570 g/mol. The van der Waals surface area contributed by atoms with Crippen molar-refractivity contribution < 1.29 is 0 Å². The quantitative estimate of drug-likeness (QED) is 0.239. The highest BCUT2D eigenvalue weighted by Crippen LogP contribution is 2.39. The summed E-state index contributed by atoms with van der Waals surface area (Å²) in [6, 6.07) is 13.3. The van der Waals surface area contributed by atoms with Crippen molar-refractivity contribution in [3.05, 3.63) is 59.5 Å². The van der Waals surface area contributed by atoms with E-state index in [0.717, 1.165) is 62.3 Å². The Kier molecular flexibility index (Phi) is 6.81. The topological polar surface area (TPSA) is 104 Å². The van der Waals surface area contributed by atoms with Crippen molar-refractivity contribution in [2.75, 3.05) is 44.3 Å². The SMILES string of the molecule is Cc1c(Cl)ccc2nc(Nc3ccc(-c4cn([C@H]5CC[C@H](N6CCN(C)CC6)CC5)c5ncnc(N)c45)cc3)[nH]c12. The fourth-order valence-corrected chi connectivity index (χ4v) is 6.77. The van der Waals surface area contributed by atoms with Gasteiger partial charge in [-0.15, -0.1) is 0 Å². The Labute approximate surface area is 244 Å². The van der Waals surface area contributed by atoms with Crippen LogP contribution in [0, 0.1) is 6.92 Å². The second-order valence-electron chi connectivity index (χ2n) is 11.6. The molecule has 2 fully saturated rings. The van der Waals surface area contributed by atoms with E-state index >= 15 is 0 Å². The van der Waals surface area contributed by atoms with Gasteiger partial charge in [-0.2, -0.15) is 0 Å². The van der Waals surface area contributed by atoms with Crippen LogP contribution in [-0.2, 0) is 0 Å². The minimum atomic E-state index is 0.412. The molecule has 7 rings (SSSR count). The molecule has 5 aromatic rings. The third-order valence-corrected chi connectivity index (χ3v) is 9.47. The van der Waals surface area contributed by atoms with E-state index in [1.54, 1.807) is 6.33 Å². The maximum atomic E-state index is 6.45. The van der Waals surface area contributed by atoms with Gasteiger partial charge in [0.1, 0.15) is 17.8 Å². The number of fused-ring (bicyclic) bond motifs is 2. The van der Waals surface area contributed by atoms with Crippen LogP contribution in [0.3, 0.4) is 0 Å². The van der Waals surface area contributed by atoms with Gasteiger partial charge in [-0.05, 0) is 75.0 Å². The van der Waals surface area contributed by atoms with E-state index in [2.05, 4.69) is 72.1 Å². The number of aromatic nitrogens is 5. The van der Waals surface area contributed by atoms with E-state index in [1.165, 1.54) is 39.0 Å². The Morgan fingerprint density at radius 3 is 2.44 bits per heavy atom. The van der Waals surface area contributed by atoms with Crippen LogP contribution in [0.2, 0.25) is 5.02 Å². The molecular weight excluding hydrogens is 534 g/mol. The van der Waals surface area contributed by atoms with Crippen LogP contribution in [0.5, 0.6) is 0 Å². The van der Waals surface area contributed by atoms with E-state index in [9.17, 15) is 0 Å². The van der Waals surface area contributed by atoms with Crippen LogP contribution in [0.1, 0.15) is 37.3 Å². The number of H-pyrrole nitrogens is 1. The molecule has 0 radical (unpaired) electrons. The predicted molar refractivity (Wildman–Crippen MR) is 167 cm³/mol. The Bertz CT molecular complexity index is 1690. The molecule has 1 saturated carbocycles. The van der Waals surface area contributed by atoms with E-state index in [4.69, 9.17) is 22.3 Å². The Hall–Kier alpha value is -3.66. The summed E-state index contributed by atoms with van der Waals surface area (Å²) in [4.78, 5) is 22.2. The minimum Gasteiger partial charge on any atom is -0.383 e. The first-order chi connectivity index (χ1) is 19.9. The van der Waals surface area contributed by atoms with Crippen LogP contribution in [-0.4, -0.2) is 73.6 Å². The summed E-state index contributed by atoms with van der Waals surface area (Å²) in [5, 5.41) is 5.04. The van der Waals surface area contributed by atoms with Gasteiger partial charge in [0.05, 0.1) is 16.4 Å². The number of hydrogen-bond donors (Lipinski definition) is 3. The van der Waals surface area contributed by atoms with Crippen LogP contribution >= 0.6 is 11.6 Å². The predicted octanol–water partition coefficient (Wildman–Crippen LogP) is 5.99. The number of benzene rings is 2. The van der Waals surface area contributed by atoms with Crippen LogP contribution in [0.15, 0.2) is 48.9 Å². The summed E-state index contributed by atoms with van der Waals surface area (Å²) in [6.45, 7) is 6.70. The smallest absolute Gasteiger partial charge is 0.205 e. The number of aromatic amines is 1. The lowest BCUT2D eigenvalue weighted by molar-refractivity contribution is 0.0828. The Morgan fingerprint density at radius 2 is 1.68 bits per heavy atom. The van der Waals surface area contributed by atoms with Gasteiger partial charge in [0.2, 0.25) is 5.95 Å². The number of nitrogens with one attached hydrogen (secondary N) is 2. The number of halogens is 1. The third-order valence-electron chi connectivity index (χ3n) is 9.06. The fraction of sp³-hybridized carbons (Fsp3) is 0.387. The fourth-order valence-electron chi connectivity index (χ4n) is 6.61. The van der Waals surface area contributed by atoms with Crippen molar-refractivity contribution in [2.24, 2.45) is 0 Å². The van der Waals surface area contributed by atoms with Crippen LogP contribution in [0.25, 0.3) is 33.2 Å². The zero-order chi connectivity index (χ0) is 28.1. The van der Waals surface area contributed by atoms with Crippen LogP contribution < -0.4 is 11.1 Å². The third kappa shape index (κ3) is 4.92. The highest BCUT2D eigenvalue weighted by molar-refractivity contribution is 6.32. The number of imidazole rings is 1. The lowest BCUT2D eigenvalue weighted by Gasteiger charge is -2.41. The molecule has 1 aliphatic carbocycles. The average Bonchev–Trinajstić information content (AvgIpc) is 3.59. The molecule has 4 heterocycles. The van der Waals surface area contributed by atoms with Crippen molar-refractivity contribution in [2.45, 2.75) is 44.7 Å². The molecule has 9 nitrogen and oxygen atoms in total. The van der Waals surface area contributed by atoms with Gasteiger partial charge in [0.25, 0.3) is 0 Å². The number of nitrogens with zero attached hydrogens (tertiary/aromatic N) is 6. The normalized spacial score (nSPS) is 20.7. The molecule has 1 saturated heterocycles. The van der Waals surface area contributed by atoms with Gasteiger partial charge in [0.15, 0.2) is 0 Å². The summed E-state index contributed by atoms with van der Waals surface area (Å²) < 4.78 is 2.36. The zero-order valence-corrected chi connectivity index (χ0v) is 24.3. The van der Waals surface area contributed by atoms with E-state index in [-0.39, 0.29) is 0 Å². The van der Waals surface area contributed by atoms with Gasteiger partial charge in [-0.3, -0.25) is 4.90 Å². The second kappa shape index (κ2) is 10.6. The molecule has 2 aromatic carbocycles. The number of anilines is 3. The number of rotatable bonds is 5. The first kappa shape index (κ1) is 26.3. The molecule has 2 aliphatic rings. The standard InChI is InChI=1S/C31H36ClN9/c1-19-25(32)11-12-26-28(19)38-31(37-26)36-21-5-3-20(4-6-21)24-17-41(30-27(24)29(33)34-18-35-30)23-9-7-22(8-10-23)40-15-13-39(2)14-16-40/h3-6,11-12,17-18,22-23H,7-10,13-16H2,1-2H3,(H2,33,34,35)(H2,36,37,38)/t22-,23-. The van der Waals surface area contributed by atoms with Crippen molar-refractivity contribution >= 4 is 51.1 Å². The molecule has 212 valence electrons. The molecule has 4 N–H and O–H groups in total. The van der Waals surface area contributed by atoms with Gasteiger partial charge in [-0.1, -0.05) is 23.7 Å². The summed E-state index contributed by atoms with van der Waals surface area (Å²) in [7, 11) is 2.22. The number of likely N-dealkylation sites (N-methyl/N-ethyl adjacent to an activating group) is 1. The summed E-state index contributed by atoms with van der Waals surface area (Å²) in [6.07, 6.45) is 8.56. The first-order valence-corrected chi connectivity index (χ1v) is 14.9. The molecule has 0 bridgehead atoms. The number of piperazine rings is 1. The van der Waals surface area contributed by atoms with Crippen LogP contribution in [0.4, 0.5) is 17.5 Å². The molecule has 3 aromatic heterocycles. The van der Waals surface area contributed by atoms with Crippen molar-refractivity contribution in [3.8, 4) is 11.1 Å². The largest absolute Gasteiger partial charge is 0.383 e. The number of nitrogen functional groups attached to an aromatic ring is 1. The van der Waals surface area contributed by atoms with E-state index in [0.29, 0.717) is 23.8 Å². The summed E-state index contributed by atoms with van der Waals surface area (Å²) in [5.41, 5.74) is 13.3. The van der Waals surface area contributed by atoms with Crippen molar-refractivity contribution in [3.63, 3.8) is 0 Å². The lowest BCUT2D eigenvalue weighted by atomic mass is 9.89. The highest BCUT2D eigenvalue weighted by Gasteiger charge is 2.30. The van der Waals surface area contributed by atoms with E-state index in [1.807, 2.05) is 19.1 Å². The lowest BCUT2D eigenvalue weighted by Crippen LogP contribution is -2.49. The Balaban J connectivity index is 1.12. The number of nitrogens with two attached hydrogens (primary N) is 1. The number of aryl methyl sites for hydroxylation is 1. The van der Waals surface area contributed by atoms with Gasteiger partial charge < -0.3 is 25.5 Å². The second-order valence-corrected chi connectivity index (χ2v) is 12.0. The zero-order valence-electron chi connectivity index (χ0n) is 23.6. The molecule has 0 atom stereocenters. The molecular formula is C31H36ClN9. The molecule has 0 spiro atoms. The summed E-state index contributed by atoms with van der Waals surface area (Å²) >= 11 is 6.29. The molecule has 41 heavy (non-hydrogen) atoms. The van der Waals surface area contributed by atoms with Gasteiger partial charge in [-0.25, -0.2) is 15.0 Å². The van der Waals surface area contributed by atoms with E-state index < -0.39 is 0 Å². The maximum Gasteiger partial charge on any atom is 0.205 e. The maximum absolute atomic E-state index is 6.45. The Morgan fingerprint density at radius 1 is 0.951 bits per heavy atom. The van der Waals surface area contributed by atoms with Crippen molar-refractivity contribution in [1.29, 1.82) is 0 Å². The monoisotopic (exact) mass is 569 g/mol. The van der Waals surface area contributed by atoms with Gasteiger partial charge in [0, 0.05) is 60.7 Å². The molecule has 10 heteroatoms. The number of hydrogen-bond acceptors (Lipinski definition) is 7. The molecule has 0 unspecified atom stereocenters. The molecule has 0 amide bonds. The van der Waals surface area contributed by atoms with Crippen molar-refractivity contribution in [1.82, 2.24) is 34.3 Å². The summed E-state index contributed by atoms with van der Waals surface area (Å²) in [5.74, 6) is 1.20. The minimum absolute atomic E-state index is 0.412. The highest BCUT2D eigenvalue weighted by atomic mass is 35.5.